The first-order valence-electron chi connectivity index (χ1n) is 8.97. The van der Waals surface area contributed by atoms with Crippen LogP contribution in [-0.2, 0) is 0 Å². The van der Waals surface area contributed by atoms with Crippen molar-refractivity contribution < 1.29 is 9.53 Å². The first-order valence-corrected chi connectivity index (χ1v) is 8.97. The average Bonchev–Trinajstić information content (AvgIpc) is 3.11. The maximum absolute atomic E-state index is 12.8. The third-order valence-corrected chi connectivity index (χ3v) is 4.77. The Morgan fingerprint density at radius 1 is 1.31 bits per heavy atom. The van der Waals surface area contributed by atoms with Crippen LogP contribution in [0.25, 0.3) is 5.78 Å². The molecule has 0 aliphatic carbocycles. The number of nitrogens with zero attached hydrogens (tertiary/aromatic N) is 4. The van der Waals surface area contributed by atoms with Crippen molar-refractivity contribution in [2.75, 3.05) is 19.7 Å². The van der Waals surface area contributed by atoms with E-state index in [-0.39, 0.29) is 5.91 Å². The summed E-state index contributed by atoms with van der Waals surface area (Å²) in [5.74, 6) is 1.73. The van der Waals surface area contributed by atoms with Crippen molar-refractivity contribution in [2.45, 2.75) is 19.8 Å². The zero-order valence-corrected chi connectivity index (χ0v) is 14.8. The van der Waals surface area contributed by atoms with Gasteiger partial charge in [0, 0.05) is 37.6 Å². The van der Waals surface area contributed by atoms with E-state index in [0.29, 0.717) is 30.5 Å². The highest BCUT2D eigenvalue weighted by molar-refractivity contribution is 5.92. The molecule has 1 atom stereocenters. The molecule has 3 aromatic rings. The smallest absolute Gasteiger partial charge is 0.274 e. The lowest BCUT2D eigenvalue weighted by Gasteiger charge is -2.32. The van der Waals surface area contributed by atoms with Crippen LogP contribution in [-0.4, -0.2) is 44.9 Å². The van der Waals surface area contributed by atoms with E-state index in [4.69, 9.17) is 4.74 Å². The number of aryl methyl sites for hydroxylation is 1. The van der Waals surface area contributed by atoms with Crippen molar-refractivity contribution in [3.05, 3.63) is 60.2 Å². The summed E-state index contributed by atoms with van der Waals surface area (Å²) < 4.78 is 7.69. The highest BCUT2D eigenvalue weighted by Crippen LogP contribution is 2.20. The zero-order valence-electron chi connectivity index (χ0n) is 14.8. The third kappa shape index (κ3) is 3.54. The summed E-state index contributed by atoms with van der Waals surface area (Å²) in [6, 6.07) is 9.89. The van der Waals surface area contributed by atoms with Crippen LogP contribution in [0.15, 0.2) is 48.9 Å². The second-order valence-corrected chi connectivity index (χ2v) is 6.84. The Kier molecular flexibility index (Phi) is 4.56. The number of carbonyl (C=O) groups excluding carboxylic acids is 1. The number of amides is 1. The number of benzene rings is 1. The summed E-state index contributed by atoms with van der Waals surface area (Å²) in [5.41, 5.74) is 1.66. The second-order valence-electron chi connectivity index (χ2n) is 6.84. The number of rotatable bonds is 4. The Morgan fingerprint density at radius 3 is 2.96 bits per heavy atom. The molecule has 1 aliphatic heterocycles. The highest BCUT2D eigenvalue weighted by atomic mass is 16.5. The Morgan fingerprint density at radius 2 is 2.15 bits per heavy atom. The van der Waals surface area contributed by atoms with E-state index in [1.807, 2.05) is 41.4 Å². The van der Waals surface area contributed by atoms with Gasteiger partial charge in [0.2, 0.25) is 5.78 Å². The van der Waals surface area contributed by atoms with E-state index < -0.39 is 0 Å². The van der Waals surface area contributed by atoms with Gasteiger partial charge in [-0.05, 0) is 38.0 Å². The molecule has 4 rings (SSSR count). The predicted molar refractivity (Wildman–Crippen MR) is 98.3 cm³/mol. The van der Waals surface area contributed by atoms with E-state index in [1.54, 1.807) is 16.8 Å². The van der Waals surface area contributed by atoms with Gasteiger partial charge in [-0.3, -0.25) is 9.20 Å². The maximum atomic E-state index is 12.8. The van der Waals surface area contributed by atoms with Crippen molar-refractivity contribution in [1.82, 2.24) is 19.3 Å². The van der Waals surface area contributed by atoms with E-state index in [9.17, 15) is 4.79 Å². The van der Waals surface area contributed by atoms with Gasteiger partial charge in [-0.25, -0.2) is 9.97 Å². The topological polar surface area (TPSA) is 59.7 Å². The monoisotopic (exact) mass is 350 g/mol. The first-order chi connectivity index (χ1) is 12.7. The van der Waals surface area contributed by atoms with Crippen molar-refractivity contribution in [3.63, 3.8) is 0 Å². The number of hydrogen-bond acceptors (Lipinski definition) is 4. The molecule has 6 nitrogen and oxygen atoms in total. The molecule has 0 radical (unpaired) electrons. The lowest BCUT2D eigenvalue weighted by Crippen LogP contribution is -2.41. The number of ether oxygens (including phenoxy) is 1. The first kappa shape index (κ1) is 16.6. The molecule has 0 unspecified atom stereocenters. The molecule has 3 heterocycles. The Balaban J connectivity index is 1.39. The molecule has 1 aromatic carbocycles. The van der Waals surface area contributed by atoms with E-state index in [2.05, 4.69) is 16.9 Å². The summed E-state index contributed by atoms with van der Waals surface area (Å²) in [5, 5.41) is 0. The van der Waals surface area contributed by atoms with Crippen LogP contribution in [0.3, 0.4) is 0 Å². The van der Waals surface area contributed by atoms with Crippen LogP contribution < -0.4 is 4.74 Å². The standard InChI is InChI=1S/C20H22N4O2/c1-15-5-7-17(8-6-15)26-14-16-4-2-10-23(12-16)19(25)18-13-24-11-3-9-21-20(24)22-18/h3,5-9,11,13,16H,2,4,10,12,14H2,1H3/t16-/m1/s1. The van der Waals surface area contributed by atoms with E-state index >= 15 is 0 Å². The number of carbonyl (C=O) groups is 1. The van der Waals surface area contributed by atoms with Gasteiger partial charge in [0.15, 0.2) is 0 Å². The largest absolute Gasteiger partial charge is 0.493 e. The average molecular weight is 350 g/mol. The molecular weight excluding hydrogens is 328 g/mol. The van der Waals surface area contributed by atoms with E-state index in [1.165, 1.54) is 5.56 Å². The van der Waals surface area contributed by atoms with Crippen molar-refractivity contribution >= 4 is 11.7 Å². The van der Waals surface area contributed by atoms with Gasteiger partial charge in [0.25, 0.3) is 5.91 Å². The molecule has 1 fully saturated rings. The molecule has 0 N–H and O–H groups in total. The minimum absolute atomic E-state index is 0.0319. The lowest BCUT2D eigenvalue weighted by atomic mass is 9.98. The molecule has 26 heavy (non-hydrogen) atoms. The quantitative estimate of drug-likeness (QED) is 0.726. The zero-order chi connectivity index (χ0) is 17.9. The minimum atomic E-state index is -0.0319. The second kappa shape index (κ2) is 7.15. The predicted octanol–water partition coefficient (Wildman–Crippen LogP) is 2.97. The molecule has 6 heteroatoms. The van der Waals surface area contributed by atoms with Crippen LogP contribution in [0, 0.1) is 12.8 Å². The molecule has 0 spiro atoms. The summed E-state index contributed by atoms with van der Waals surface area (Å²) in [4.78, 5) is 23.2. The molecule has 1 amide bonds. The van der Waals surface area contributed by atoms with Gasteiger partial charge in [-0.1, -0.05) is 17.7 Å². The van der Waals surface area contributed by atoms with Crippen LogP contribution in [0.5, 0.6) is 5.75 Å². The van der Waals surface area contributed by atoms with Gasteiger partial charge in [-0.15, -0.1) is 0 Å². The molecule has 1 aliphatic rings. The molecule has 0 bridgehead atoms. The summed E-state index contributed by atoms with van der Waals surface area (Å²) in [6.45, 7) is 4.15. The lowest BCUT2D eigenvalue weighted by molar-refractivity contribution is 0.0628. The Hall–Kier alpha value is -2.89. The number of fused-ring (bicyclic) bond motifs is 1. The highest BCUT2D eigenvalue weighted by Gasteiger charge is 2.26. The van der Waals surface area contributed by atoms with Gasteiger partial charge < -0.3 is 9.64 Å². The summed E-state index contributed by atoms with van der Waals surface area (Å²) in [6.07, 6.45) is 7.33. The van der Waals surface area contributed by atoms with Crippen LogP contribution in [0.1, 0.15) is 28.9 Å². The number of aromatic nitrogens is 3. The molecule has 2 aromatic heterocycles. The fourth-order valence-electron chi connectivity index (χ4n) is 3.33. The summed E-state index contributed by atoms with van der Waals surface area (Å²) in [7, 11) is 0. The van der Waals surface area contributed by atoms with Gasteiger partial charge in [0.05, 0.1) is 6.61 Å². The van der Waals surface area contributed by atoms with Crippen molar-refractivity contribution in [2.24, 2.45) is 5.92 Å². The van der Waals surface area contributed by atoms with Gasteiger partial charge in [-0.2, -0.15) is 0 Å². The van der Waals surface area contributed by atoms with Gasteiger partial charge in [0.1, 0.15) is 11.4 Å². The normalized spacial score (nSPS) is 17.4. The number of likely N-dealkylation sites (tertiary alicyclic amines) is 1. The molecule has 0 saturated carbocycles. The number of imidazole rings is 1. The fourth-order valence-corrected chi connectivity index (χ4v) is 3.33. The molecular formula is C20H22N4O2. The Bertz CT molecular complexity index is 871. The minimum Gasteiger partial charge on any atom is -0.493 e. The summed E-state index contributed by atoms with van der Waals surface area (Å²) >= 11 is 0. The van der Waals surface area contributed by atoms with Crippen LogP contribution in [0.4, 0.5) is 0 Å². The number of hydrogen-bond donors (Lipinski definition) is 0. The van der Waals surface area contributed by atoms with Crippen LogP contribution in [0.2, 0.25) is 0 Å². The van der Waals surface area contributed by atoms with Crippen molar-refractivity contribution in [3.8, 4) is 5.75 Å². The molecule has 1 saturated heterocycles. The maximum Gasteiger partial charge on any atom is 0.274 e. The number of piperidine rings is 1. The van der Waals surface area contributed by atoms with Crippen molar-refractivity contribution in [1.29, 1.82) is 0 Å². The van der Waals surface area contributed by atoms with E-state index in [0.717, 1.165) is 25.1 Å². The third-order valence-electron chi connectivity index (χ3n) is 4.77. The fraction of sp³-hybridized carbons (Fsp3) is 0.350. The SMILES string of the molecule is Cc1ccc(OC[C@@H]2CCCN(C(=O)c3cn4cccnc4n3)C2)cc1. The van der Waals surface area contributed by atoms with Crippen LogP contribution >= 0.6 is 0 Å². The molecule has 134 valence electrons. The van der Waals surface area contributed by atoms with Gasteiger partial charge >= 0.3 is 0 Å². The Labute approximate surface area is 152 Å².